The molecular formula is C17H17ClN2O. The lowest BCUT2D eigenvalue weighted by Gasteiger charge is -2.12. The number of nitrogens with zero attached hydrogens (tertiary/aromatic N) is 2. The Bertz CT molecular complexity index is 793. The standard InChI is InChI=1S/C17H17ClN2O/c1-11-7-8-15-16(9-11)20(17(19-15)12(2)18)13-5-4-6-14(10-13)21-3/h4-10,12H,1-3H3. The second-order valence-electron chi connectivity index (χ2n) is 5.12. The van der Waals surface area contributed by atoms with Gasteiger partial charge in [0.25, 0.3) is 0 Å². The quantitative estimate of drug-likeness (QED) is 0.659. The molecule has 0 radical (unpaired) electrons. The molecule has 0 aliphatic heterocycles. The molecule has 0 aliphatic carbocycles. The summed E-state index contributed by atoms with van der Waals surface area (Å²) in [7, 11) is 1.67. The highest BCUT2D eigenvalue weighted by molar-refractivity contribution is 6.20. The zero-order chi connectivity index (χ0) is 15.0. The van der Waals surface area contributed by atoms with Gasteiger partial charge in [0, 0.05) is 6.07 Å². The van der Waals surface area contributed by atoms with Crippen LogP contribution in [0.3, 0.4) is 0 Å². The highest BCUT2D eigenvalue weighted by Crippen LogP contribution is 2.29. The van der Waals surface area contributed by atoms with E-state index in [1.807, 2.05) is 37.3 Å². The van der Waals surface area contributed by atoms with Crippen molar-refractivity contribution in [2.75, 3.05) is 7.11 Å². The average Bonchev–Trinajstić information content (AvgIpc) is 2.86. The molecule has 0 N–H and O–H groups in total. The molecule has 0 aliphatic rings. The summed E-state index contributed by atoms with van der Waals surface area (Å²) in [6.07, 6.45) is 0. The number of imidazole rings is 1. The molecule has 3 rings (SSSR count). The molecule has 2 aromatic carbocycles. The highest BCUT2D eigenvalue weighted by atomic mass is 35.5. The van der Waals surface area contributed by atoms with E-state index in [9.17, 15) is 0 Å². The van der Waals surface area contributed by atoms with E-state index in [1.165, 1.54) is 5.56 Å². The molecule has 0 saturated heterocycles. The van der Waals surface area contributed by atoms with Crippen LogP contribution in [0.1, 0.15) is 23.7 Å². The molecule has 3 nitrogen and oxygen atoms in total. The third kappa shape index (κ3) is 2.49. The minimum absolute atomic E-state index is 0.177. The van der Waals surface area contributed by atoms with Crippen LogP contribution < -0.4 is 4.74 Å². The van der Waals surface area contributed by atoms with Gasteiger partial charge in [-0.3, -0.25) is 4.57 Å². The zero-order valence-corrected chi connectivity index (χ0v) is 13.1. The first-order valence-electron chi connectivity index (χ1n) is 6.87. The maximum absolute atomic E-state index is 6.33. The van der Waals surface area contributed by atoms with Crippen molar-refractivity contribution in [2.24, 2.45) is 0 Å². The van der Waals surface area contributed by atoms with Gasteiger partial charge >= 0.3 is 0 Å². The Kier molecular flexibility index (Phi) is 3.60. The van der Waals surface area contributed by atoms with Gasteiger partial charge in [0.15, 0.2) is 0 Å². The van der Waals surface area contributed by atoms with Crippen LogP contribution in [-0.4, -0.2) is 16.7 Å². The third-order valence-corrected chi connectivity index (χ3v) is 3.70. The Hall–Kier alpha value is -2.00. The Morgan fingerprint density at radius 1 is 1.19 bits per heavy atom. The lowest BCUT2D eigenvalue weighted by molar-refractivity contribution is 0.414. The summed E-state index contributed by atoms with van der Waals surface area (Å²) in [5, 5.41) is -0.177. The van der Waals surface area contributed by atoms with E-state index < -0.39 is 0 Å². The molecule has 0 saturated carbocycles. The average molecular weight is 301 g/mol. The molecule has 0 amide bonds. The van der Waals surface area contributed by atoms with Crippen molar-refractivity contribution in [1.29, 1.82) is 0 Å². The predicted octanol–water partition coefficient (Wildman–Crippen LogP) is 4.64. The minimum Gasteiger partial charge on any atom is -0.497 e. The number of aromatic nitrogens is 2. The number of benzene rings is 2. The van der Waals surface area contributed by atoms with Crippen molar-refractivity contribution in [2.45, 2.75) is 19.2 Å². The molecule has 1 heterocycles. The first-order chi connectivity index (χ1) is 10.1. The largest absolute Gasteiger partial charge is 0.497 e. The van der Waals surface area contributed by atoms with E-state index in [-0.39, 0.29) is 5.38 Å². The molecule has 1 aromatic heterocycles. The van der Waals surface area contributed by atoms with Gasteiger partial charge in [0.1, 0.15) is 11.6 Å². The lowest BCUT2D eigenvalue weighted by atomic mass is 10.2. The summed E-state index contributed by atoms with van der Waals surface area (Å²) in [6, 6.07) is 14.2. The predicted molar refractivity (Wildman–Crippen MR) is 86.6 cm³/mol. The third-order valence-electron chi connectivity index (χ3n) is 3.50. The maximum Gasteiger partial charge on any atom is 0.132 e. The highest BCUT2D eigenvalue weighted by Gasteiger charge is 2.16. The van der Waals surface area contributed by atoms with E-state index >= 15 is 0 Å². The number of alkyl halides is 1. The summed E-state index contributed by atoms with van der Waals surface area (Å²) in [4.78, 5) is 4.68. The summed E-state index contributed by atoms with van der Waals surface area (Å²) in [5.41, 5.74) is 4.21. The molecular weight excluding hydrogens is 284 g/mol. The Balaban J connectivity index is 2.32. The maximum atomic E-state index is 6.33. The summed E-state index contributed by atoms with van der Waals surface area (Å²) in [6.45, 7) is 4.01. The number of fused-ring (bicyclic) bond motifs is 1. The first kappa shape index (κ1) is 14.0. The van der Waals surface area contributed by atoms with Crippen molar-refractivity contribution in [3.8, 4) is 11.4 Å². The molecule has 108 valence electrons. The van der Waals surface area contributed by atoms with E-state index in [2.05, 4.69) is 28.6 Å². The van der Waals surface area contributed by atoms with Crippen LogP contribution in [0.25, 0.3) is 16.7 Å². The topological polar surface area (TPSA) is 27.1 Å². The Labute approximate surface area is 129 Å². The lowest BCUT2D eigenvalue weighted by Crippen LogP contribution is -2.02. The second kappa shape index (κ2) is 5.41. The molecule has 0 fully saturated rings. The van der Waals surface area contributed by atoms with Crippen LogP contribution >= 0.6 is 11.6 Å². The molecule has 0 spiro atoms. The van der Waals surface area contributed by atoms with Gasteiger partial charge in [-0.1, -0.05) is 12.1 Å². The van der Waals surface area contributed by atoms with Gasteiger partial charge in [0.05, 0.1) is 29.2 Å². The van der Waals surface area contributed by atoms with Gasteiger partial charge < -0.3 is 4.74 Å². The second-order valence-corrected chi connectivity index (χ2v) is 5.77. The smallest absolute Gasteiger partial charge is 0.132 e. The van der Waals surface area contributed by atoms with Crippen molar-refractivity contribution in [1.82, 2.24) is 9.55 Å². The summed E-state index contributed by atoms with van der Waals surface area (Å²) >= 11 is 6.33. The van der Waals surface area contributed by atoms with Crippen molar-refractivity contribution >= 4 is 22.6 Å². The van der Waals surface area contributed by atoms with Crippen LogP contribution in [0.2, 0.25) is 0 Å². The van der Waals surface area contributed by atoms with Crippen LogP contribution in [0.5, 0.6) is 5.75 Å². The van der Waals surface area contributed by atoms with E-state index in [1.54, 1.807) is 7.11 Å². The SMILES string of the molecule is COc1cccc(-n2c(C(C)Cl)nc3ccc(C)cc32)c1. The molecule has 3 aromatic rings. The monoisotopic (exact) mass is 300 g/mol. The summed E-state index contributed by atoms with van der Waals surface area (Å²) < 4.78 is 7.42. The van der Waals surface area contributed by atoms with Gasteiger partial charge in [0.2, 0.25) is 0 Å². The van der Waals surface area contributed by atoms with Crippen molar-refractivity contribution in [3.05, 3.63) is 53.9 Å². The van der Waals surface area contributed by atoms with Gasteiger partial charge in [-0.05, 0) is 43.7 Å². The Morgan fingerprint density at radius 3 is 2.71 bits per heavy atom. The number of methoxy groups -OCH3 is 1. The number of ether oxygens (including phenoxy) is 1. The Morgan fingerprint density at radius 2 is 2.00 bits per heavy atom. The van der Waals surface area contributed by atoms with E-state index in [0.29, 0.717) is 0 Å². The van der Waals surface area contributed by atoms with Gasteiger partial charge in [-0.15, -0.1) is 11.6 Å². The summed E-state index contributed by atoms with van der Waals surface area (Å²) in [5.74, 6) is 1.65. The number of hydrogen-bond acceptors (Lipinski definition) is 2. The zero-order valence-electron chi connectivity index (χ0n) is 12.3. The van der Waals surface area contributed by atoms with Crippen LogP contribution in [0.15, 0.2) is 42.5 Å². The number of aryl methyl sites for hydroxylation is 1. The normalized spacial score (nSPS) is 12.6. The number of halogens is 1. The molecule has 1 unspecified atom stereocenters. The number of hydrogen-bond donors (Lipinski definition) is 0. The van der Waals surface area contributed by atoms with Crippen LogP contribution in [0.4, 0.5) is 0 Å². The van der Waals surface area contributed by atoms with E-state index in [0.717, 1.165) is 28.3 Å². The molecule has 0 bridgehead atoms. The fourth-order valence-corrected chi connectivity index (χ4v) is 2.64. The van der Waals surface area contributed by atoms with Gasteiger partial charge in [-0.25, -0.2) is 4.98 Å². The first-order valence-corrected chi connectivity index (χ1v) is 7.31. The van der Waals surface area contributed by atoms with Crippen LogP contribution in [0, 0.1) is 6.92 Å². The molecule has 21 heavy (non-hydrogen) atoms. The minimum atomic E-state index is -0.177. The fraction of sp³-hybridized carbons (Fsp3) is 0.235. The fourth-order valence-electron chi connectivity index (χ4n) is 2.49. The number of rotatable bonds is 3. The molecule has 1 atom stereocenters. The van der Waals surface area contributed by atoms with E-state index in [4.69, 9.17) is 16.3 Å². The van der Waals surface area contributed by atoms with Crippen molar-refractivity contribution < 1.29 is 4.74 Å². The van der Waals surface area contributed by atoms with Crippen molar-refractivity contribution in [3.63, 3.8) is 0 Å². The molecule has 4 heteroatoms. The van der Waals surface area contributed by atoms with Crippen LogP contribution in [-0.2, 0) is 0 Å². The van der Waals surface area contributed by atoms with Gasteiger partial charge in [-0.2, -0.15) is 0 Å².